The molecule has 0 aromatic carbocycles. The van der Waals surface area contributed by atoms with Crippen molar-refractivity contribution in [3.8, 4) is 0 Å². The van der Waals surface area contributed by atoms with E-state index in [1.165, 1.54) is 12.8 Å². The van der Waals surface area contributed by atoms with Gasteiger partial charge in [0, 0.05) is 24.4 Å². The molecular formula is C17H29N3O. The Kier molecular flexibility index (Phi) is 5.20. The van der Waals surface area contributed by atoms with Gasteiger partial charge in [-0.25, -0.2) is 9.97 Å². The van der Waals surface area contributed by atoms with Crippen LogP contribution in [-0.2, 0) is 10.3 Å². The minimum atomic E-state index is -0.288. The van der Waals surface area contributed by atoms with Crippen LogP contribution in [0.1, 0.15) is 63.5 Å². The van der Waals surface area contributed by atoms with Crippen molar-refractivity contribution >= 4 is 5.82 Å². The molecule has 1 aromatic heterocycles. The lowest BCUT2D eigenvalue weighted by Crippen LogP contribution is -2.36. The van der Waals surface area contributed by atoms with Crippen molar-refractivity contribution in [2.45, 2.75) is 65.9 Å². The average molecular weight is 291 g/mol. The number of nitrogens with one attached hydrogen (secondary N) is 1. The summed E-state index contributed by atoms with van der Waals surface area (Å²) in [6.07, 6.45) is 4.42. The zero-order chi connectivity index (χ0) is 15.5. The van der Waals surface area contributed by atoms with Crippen LogP contribution in [0.25, 0.3) is 0 Å². The Bertz CT molecular complexity index is 479. The molecule has 1 aliphatic carbocycles. The first kappa shape index (κ1) is 16.2. The molecule has 0 atom stereocenters. The topological polar surface area (TPSA) is 47.0 Å². The third-order valence-electron chi connectivity index (χ3n) is 4.64. The van der Waals surface area contributed by atoms with Crippen LogP contribution in [0.5, 0.6) is 0 Å². The molecule has 1 heterocycles. The first-order chi connectivity index (χ1) is 10.0. The maximum absolute atomic E-state index is 6.18. The van der Waals surface area contributed by atoms with E-state index >= 15 is 0 Å². The van der Waals surface area contributed by atoms with E-state index in [1.807, 2.05) is 0 Å². The fourth-order valence-electron chi connectivity index (χ4n) is 3.11. The molecule has 4 nitrogen and oxygen atoms in total. The van der Waals surface area contributed by atoms with Gasteiger partial charge in [-0.1, -0.05) is 6.92 Å². The van der Waals surface area contributed by atoms with Gasteiger partial charge in [-0.05, 0) is 59.3 Å². The Hall–Kier alpha value is -1.16. The van der Waals surface area contributed by atoms with Gasteiger partial charge in [0.05, 0.1) is 0 Å². The maximum atomic E-state index is 6.18. The number of hydrogen-bond acceptors (Lipinski definition) is 4. The molecule has 0 saturated heterocycles. The molecule has 0 bridgehead atoms. The van der Waals surface area contributed by atoms with Gasteiger partial charge in [0.1, 0.15) is 11.4 Å². The third-order valence-corrected chi connectivity index (χ3v) is 4.64. The van der Waals surface area contributed by atoms with Crippen LogP contribution in [0.15, 0.2) is 0 Å². The van der Waals surface area contributed by atoms with Crippen LogP contribution < -0.4 is 5.32 Å². The SMILES string of the molecule is CCNc1nc(C2(OCC)CCC(C)CC2)nc(C)c1C. The Morgan fingerprint density at radius 3 is 2.43 bits per heavy atom. The Morgan fingerprint density at radius 1 is 1.19 bits per heavy atom. The molecule has 118 valence electrons. The van der Waals surface area contributed by atoms with E-state index in [2.05, 4.69) is 39.9 Å². The molecule has 1 N–H and O–H groups in total. The van der Waals surface area contributed by atoms with E-state index in [9.17, 15) is 0 Å². The Labute approximate surface area is 128 Å². The number of hydrogen-bond donors (Lipinski definition) is 1. The summed E-state index contributed by atoms with van der Waals surface area (Å²) in [5.41, 5.74) is 1.90. The van der Waals surface area contributed by atoms with E-state index in [0.717, 1.165) is 48.2 Å². The second-order valence-corrected chi connectivity index (χ2v) is 6.25. The minimum Gasteiger partial charge on any atom is -0.370 e. The molecule has 0 aliphatic heterocycles. The average Bonchev–Trinajstić information content (AvgIpc) is 2.47. The smallest absolute Gasteiger partial charge is 0.162 e. The molecular weight excluding hydrogens is 262 g/mol. The predicted octanol–water partition coefficient (Wildman–Crippen LogP) is 3.97. The summed E-state index contributed by atoms with van der Waals surface area (Å²) in [7, 11) is 0. The van der Waals surface area contributed by atoms with Crippen molar-refractivity contribution in [2.75, 3.05) is 18.5 Å². The normalized spacial score (nSPS) is 25.9. The van der Waals surface area contributed by atoms with Crippen molar-refractivity contribution in [3.05, 3.63) is 17.1 Å². The highest BCUT2D eigenvalue weighted by Crippen LogP contribution is 2.41. The summed E-state index contributed by atoms with van der Waals surface area (Å²) in [6, 6.07) is 0. The van der Waals surface area contributed by atoms with Gasteiger partial charge < -0.3 is 10.1 Å². The number of aromatic nitrogens is 2. The van der Waals surface area contributed by atoms with Crippen molar-refractivity contribution in [2.24, 2.45) is 5.92 Å². The first-order valence-electron chi connectivity index (χ1n) is 8.26. The lowest BCUT2D eigenvalue weighted by atomic mass is 9.78. The van der Waals surface area contributed by atoms with Crippen molar-refractivity contribution < 1.29 is 4.74 Å². The molecule has 0 unspecified atom stereocenters. The van der Waals surface area contributed by atoms with Crippen molar-refractivity contribution in [1.82, 2.24) is 9.97 Å². The van der Waals surface area contributed by atoms with E-state index < -0.39 is 0 Å². The molecule has 2 rings (SSSR count). The lowest BCUT2D eigenvalue weighted by molar-refractivity contribution is -0.0837. The summed E-state index contributed by atoms with van der Waals surface area (Å²) in [5, 5.41) is 3.36. The fraction of sp³-hybridized carbons (Fsp3) is 0.765. The summed E-state index contributed by atoms with van der Waals surface area (Å²) in [4.78, 5) is 9.59. The van der Waals surface area contributed by atoms with E-state index in [-0.39, 0.29) is 5.60 Å². The highest BCUT2D eigenvalue weighted by atomic mass is 16.5. The molecule has 1 aliphatic rings. The van der Waals surface area contributed by atoms with Gasteiger partial charge in [0.2, 0.25) is 0 Å². The zero-order valence-corrected chi connectivity index (χ0v) is 14.1. The Morgan fingerprint density at radius 2 is 1.86 bits per heavy atom. The van der Waals surface area contributed by atoms with Gasteiger partial charge in [-0.3, -0.25) is 0 Å². The quantitative estimate of drug-likeness (QED) is 0.891. The number of rotatable bonds is 5. The molecule has 0 amide bonds. The van der Waals surface area contributed by atoms with Gasteiger partial charge in [0.15, 0.2) is 5.82 Å². The number of aryl methyl sites for hydroxylation is 1. The Balaban J connectivity index is 2.40. The fourth-order valence-corrected chi connectivity index (χ4v) is 3.11. The molecule has 0 radical (unpaired) electrons. The minimum absolute atomic E-state index is 0.288. The second kappa shape index (κ2) is 6.73. The van der Waals surface area contributed by atoms with Crippen molar-refractivity contribution in [3.63, 3.8) is 0 Å². The number of anilines is 1. The standard InChI is InChI=1S/C17H29N3O/c1-6-18-15-13(4)14(5)19-16(20-15)17(21-7-2)10-8-12(3)9-11-17/h12H,6-11H2,1-5H3,(H,18,19,20). The highest BCUT2D eigenvalue weighted by Gasteiger charge is 2.39. The monoisotopic (exact) mass is 291 g/mol. The number of ether oxygens (including phenoxy) is 1. The van der Waals surface area contributed by atoms with E-state index in [1.54, 1.807) is 0 Å². The summed E-state index contributed by atoms with van der Waals surface area (Å²) >= 11 is 0. The largest absolute Gasteiger partial charge is 0.370 e. The molecule has 21 heavy (non-hydrogen) atoms. The zero-order valence-electron chi connectivity index (χ0n) is 14.1. The molecule has 4 heteroatoms. The predicted molar refractivity (Wildman–Crippen MR) is 86.6 cm³/mol. The van der Waals surface area contributed by atoms with Crippen LogP contribution in [0.3, 0.4) is 0 Å². The van der Waals surface area contributed by atoms with Crippen LogP contribution in [0.4, 0.5) is 5.82 Å². The summed E-state index contributed by atoms with van der Waals surface area (Å²) in [6.45, 7) is 12.2. The van der Waals surface area contributed by atoms with Crippen molar-refractivity contribution in [1.29, 1.82) is 0 Å². The highest BCUT2D eigenvalue weighted by molar-refractivity contribution is 5.45. The van der Waals surface area contributed by atoms with Crippen LogP contribution >= 0.6 is 0 Å². The first-order valence-corrected chi connectivity index (χ1v) is 8.26. The summed E-state index contributed by atoms with van der Waals surface area (Å²) in [5.74, 6) is 2.60. The van der Waals surface area contributed by atoms with Gasteiger partial charge in [0.25, 0.3) is 0 Å². The van der Waals surface area contributed by atoms with Crippen LogP contribution in [0.2, 0.25) is 0 Å². The van der Waals surface area contributed by atoms with E-state index in [4.69, 9.17) is 14.7 Å². The molecule has 1 saturated carbocycles. The third kappa shape index (κ3) is 3.37. The van der Waals surface area contributed by atoms with Crippen LogP contribution in [0, 0.1) is 19.8 Å². The van der Waals surface area contributed by atoms with Crippen LogP contribution in [-0.4, -0.2) is 23.1 Å². The van der Waals surface area contributed by atoms with Gasteiger partial charge in [-0.15, -0.1) is 0 Å². The molecule has 1 fully saturated rings. The maximum Gasteiger partial charge on any atom is 0.162 e. The molecule has 1 aromatic rings. The lowest BCUT2D eigenvalue weighted by Gasteiger charge is -2.38. The van der Waals surface area contributed by atoms with Gasteiger partial charge in [-0.2, -0.15) is 0 Å². The second-order valence-electron chi connectivity index (χ2n) is 6.25. The van der Waals surface area contributed by atoms with E-state index in [0.29, 0.717) is 6.61 Å². The summed E-state index contributed by atoms with van der Waals surface area (Å²) < 4.78 is 6.18. The van der Waals surface area contributed by atoms with Gasteiger partial charge >= 0.3 is 0 Å². The number of nitrogens with zero attached hydrogens (tertiary/aromatic N) is 2. The molecule has 0 spiro atoms.